The molecule has 0 aromatic heterocycles. The Bertz CT molecular complexity index is 406. The molecule has 5 heteroatoms. The average molecular weight is 222 g/mol. The van der Waals surface area contributed by atoms with E-state index in [9.17, 15) is 4.79 Å². The number of nitrogens with two attached hydrogens (primary N) is 1. The first-order valence-corrected chi connectivity index (χ1v) is 5.06. The molecule has 2 rings (SSSR count). The maximum atomic E-state index is 10.9. The Hall–Kier alpha value is -1.75. The van der Waals surface area contributed by atoms with Crippen LogP contribution in [-0.2, 0) is 4.79 Å². The lowest BCUT2D eigenvalue weighted by atomic mass is 10.0. The van der Waals surface area contributed by atoms with Gasteiger partial charge in [-0.15, -0.1) is 0 Å². The van der Waals surface area contributed by atoms with Crippen LogP contribution in [0.15, 0.2) is 18.2 Å². The number of hydrogen-bond acceptors (Lipinski definition) is 4. The van der Waals surface area contributed by atoms with Crippen molar-refractivity contribution in [1.82, 2.24) is 5.32 Å². The topological polar surface area (TPSA) is 73.6 Å². The Morgan fingerprint density at radius 2 is 2.25 bits per heavy atom. The second-order valence-electron chi connectivity index (χ2n) is 3.62. The van der Waals surface area contributed by atoms with Crippen LogP contribution >= 0.6 is 0 Å². The second kappa shape index (κ2) is 4.40. The van der Waals surface area contributed by atoms with E-state index in [-0.39, 0.29) is 25.2 Å². The first-order chi connectivity index (χ1) is 7.70. The number of nitrogens with one attached hydrogen (secondary N) is 1. The SMILES string of the molecule is CNC(CC(N)=O)c1ccc2c(c1)OCO2. The number of hydrogen-bond donors (Lipinski definition) is 2. The van der Waals surface area contributed by atoms with Gasteiger partial charge < -0.3 is 20.5 Å². The maximum Gasteiger partial charge on any atom is 0.231 e. The quantitative estimate of drug-likeness (QED) is 0.780. The van der Waals surface area contributed by atoms with E-state index < -0.39 is 0 Å². The fourth-order valence-corrected chi connectivity index (χ4v) is 1.72. The van der Waals surface area contributed by atoms with Crippen LogP contribution in [0.25, 0.3) is 0 Å². The molecule has 0 spiro atoms. The molecule has 0 saturated carbocycles. The number of carbonyl (C=O) groups excluding carboxylic acids is 1. The molecule has 0 saturated heterocycles. The van der Waals surface area contributed by atoms with Crippen LogP contribution < -0.4 is 20.5 Å². The number of primary amides is 1. The highest BCUT2D eigenvalue weighted by Crippen LogP contribution is 2.34. The third kappa shape index (κ3) is 2.09. The molecule has 1 aliphatic heterocycles. The van der Waals surface area contributed by atoms with E-state index in [4.69, 9.17) is 15.2 Å². The van der Waals surface area contributed by atoms with Crippen molar-refractivity contribution < 1.29 is 14.3 Å². The van der Waals surface area contributed by atoms with E-state index in [2.05, 4.69) is 5.32 Å². The van der Waals surface area contributed by atoms with Crippen LogP contribution in [0, 0.1) is 0 Å². The lowest BCUT2D eigenvalue weighted by Crippen LogP contribution is -2.23. The van der Waals surface area contributed by atoms with Gasteiger partial charge >= 0.3 is 0 Å². The van der Waals surface area contributed by atoms with Crippen molar-refractivity contribution >= 4 is 5.91 Å². The molecule has 1 atom stereocenters. The molecule has 0 bridgehead atoms. The molecule has 1 amide bonds. The Kier molecular flexibility index (Phi) is 2.96. The van der Waals surface area contributed by atoms with Crippen molar-refractivity contribution in [2.75, 3.05) is 13.8 Å². The maximum absolute atomic E-state index is 10.9. The minimum absolute atomic E-state index is 0.0907. The third-order valence-electron chi connectivity index (χ3n) is 2.55. The van der Waals surface area contributed by atoms with Gasteiger partial charge in [0.05, 0.1) is 0 Å². The first kappa shape index (κ1) is 10.8. The van der Waals surface area contributed by atoms with Gasteiger partial charge in [0.1, 0.15) is 0 Å². The predicted molar refractivity (Wildman–Crippen MR) is 58.2 cm³/mol. The van der Waals surface area contributed by atoms with Gasteiger partial charge in [-0.1, -0.05) is 6.07 Å². The fraction of sp³-hybridized carbons (Fsp3) is 0.364. The number of amides is 1. The van der Waals surface area contributed by atoms with Gasteiger partial charge in [0, 0.05) is 12.5 Å². The van der Waals surface area contributed by atoms with Crippen LogP contribution in [-0.4, -0.2) is 19.7 Å². The molecule has 1 unspecified atom stereocenters. The van der Waals surface area contributed by atoms with Crippen molar-refractivity contribution in [3.63, 3.8) is 0 Å². The highest BCUT2D eigenvalue weighted by atomic mass is 16.7. The monoisotopic (exact) mass is 222 g/mol. The molecular weight excluding hydrogens is 208 g/mol. The molecule has 5 nitrogen and oxygen atoms in total. The molecule has 1 aliphatic rings. The van der Waals surface area contributed by atoms with Gasteiger partial charge in [-0.25, -0.2) is 0 Å². The summed E-state index contributed by atoms with van der Waals surface area (Å²) in [5, 5.41) is 3.04. The van der Waals surface area contributed by atoms with Crippen LogP contribution in [0.3, 0.4) is 0 Å². The summed E-state index contributed by atoms with van der Waals surface area (Å²) in [6, 6.07) is 5.51. The van der Waals surface area contributed by atoms with Crippen LogP contribution in [0.5, 0.6) is 11.5 Å². The minimum Gasteiger partial charge on any atom is -0.454 e. The van der Waals surface area contributed by atoms with Crippen molar-refractivity contribution in [3.8, 4) is 11.5 Å². The number of ether oxygens (including phenoxy) is 2. The first-order valence-electron chi connectivity index (χ1n) is 5.06. The summed E-state index contributed by atoms with van der Waals surface area (Å²) in [4.78, 5) is 10.9. The molecule has 3 N–H and O–H groups in total. The zero-order chi connectivity index (χ0) is 11.5. The van der Waals surface area contributed by atoms with Crippen LogP contribution in [0.4, 0.5) is 0 Å². The molecule has 16 heavy (non-hydrogen) atoms. The van der Waals surface area contributed by atoms with Crippen molar-refractivity contribution in [1.29, 1.82) is 0 Å². The normalized spacial score (nSPS) is 14.8. The van der Waals surface area contributed by atoms with Crippen LogP contribution in [0.2, 0.25) is 0 Å². The minimum atomic E-state index is -0.336. The van der Waals surface area contributed by atoms with E-state index in [0.29, 0.717) is 5.75 Å². The van der Waals surface area contributed by atoms with Crippen molar-refractivity contribution in [2.24, 2.45) is 5.73 Å². The summed E-state index contributed by atoms with van der Waals surface area (Å²) in [5.41, 5.74) is 6.15. The van der Waals surface area contributed by atoms with E-state index in [1.165, 1.54) is 0 Å². The lowest BCUT2D eigenvalue weighted by molar-refractivity contribution is -0.118. The Morgan fingerprint density at radius 1 is 1.50 bits per heavy atom. The van der Waals surface area contributed by atoms with Gasteiger partial charge in [-0.3, -0.25) is 4.79 Å². The molecular formula is C11H14N2O3. The smallest absolute Gasteiger partial charge is 0.231 e. The number of benzene rings is 1. The van der Waals surface area contributed by atoms with E-state index in [1.54, 1.807) is 7.05 Å². The highest BCUT2D eigenvalue weighted by Gasteiger charge is 2.18. The molecule has 0 radical (unpaired) electrons. The molecule has 0 fully saturated rings. The number of fused-ring (bicyclic) bond motifs is 1. The zero-order valence-electron chi connectivity index (χ0n) is 9.03. The summed E-state index contributed by atoms with van der Waals surface area (Å²) in [5.74, 6) is 1.11. The van der Waals surface area contributed by atoms with Gasteiger partial charge in [0.2, 0.25) is 12.7 Å². The highest BCUT2D eigenvalue weighted by molar-refractivity contribution is 5.74. The summed E-state index contributed by atoms with van der Waals surface area (Å²) >= 11 is 0. The van der Waals surface area contributed by atoms with E-state index in [0.717, 1.165) is 11.3 Å². The van der Waals surface area contributed by atoms with Crippen molar-refractivity contribution in [3.05, 3.63) is 23.8 Å². The van der Waals surface area contributed by atoms with Gasteiger partial charge in [0.15, 0.2) is 11.5 Å². The van der Waals surface area contributed by atoms with Gasteiger partial charge in [-0.2, -0.15) is 0 Å². The molecule has 1 aromatic rings. The fourth-order valence-electron chi connectivity index (χ4n) is 1.72. The van der Waals surface area contributed by atoms with Gasteiger partial charge in [-0.05, 0) is 24.7 Å². The van der Waals surface area contributed by atoms with Crippen molar-refractivity contribution in [2.45, 2.75) is 12.5 Å². The third-order valence-corrected chi connectivity index (χ3v) is 2.55. The van der Waals surface area contributed by atoms with E-state index in [1.807, 2.05) is 18.2 Å². The summed E-state index contributed by atoms with van der Waals surface area (Å²) in [7, 11) is 1.79. The number of carbonyl (C=O) groups is 1. The predicted octanol–water partition coefficient (Wildman–Crippen LogP) is 0.551. The summed E-state index contributed by atoms with van der Waals surface area (Å²) in [6.07, 6.45) is 0.260. The standard InChI is InChI=1S/C11H14N2O3/c1-13-8(5-11(12)14)7-2-3-9-10(4-7)16-6-15-9/h2-4,8,13H,5-6H2,1H3,(H2,12,14). The molecule has 1 aromatic carbocycles. The Labute approximate surface area is 93.5 Å². The summed E-state index contributed by atoms with van der Waals surface area (Å²) < 4.78 is 10.5. The number of rotatable bonds is 4. The summed E-state index contributed by atoms with van der Waals surface area (Å²) in [6.45, 7) is 0.249. The Balaban J connectivity index is 2.21. The molecule has 86 valence electrons. The van der Waals surface area contributed by atoms with Crippen LogP contribution in [0.1, 0.15) is 18.0 Å². The van der Waals surface area contributed by atoms with Gasteiger partial charge in [0.25, 0.3) is 0 Å². The second-order valence-corrected chi connectivity index (χ2v) is 3.62. The largest absolute Gasteiger partial charge is 0.454 e. The Morgan fingerprint density at radius 3 is 2.94 bits per heavy atom. The van der Waals surface area contributed by atoms with E-state index >= 15 is 0 Å². The molecule has 0 aliphatic carbocycles. The lowest BCUT2D eigenvalue weighted by Gasteiger charge is -2.15. The zero-order valence-corrected chi connectivity index (χ0v) is 9.03. The molecule has 1 heterocycles. The average Bonchev–Trinajstić information content (AvgIpc) is 2.72.